The Labute approximate surface area is 154 Å². The first-order valence-corrected chi connectivity index (χ1v) is 10.0. The van der Waals surface area contributed by atoms with Gasteiger partial charge in [0.15, 0.2) is 4.80 Å². The van der Waals surface area contributed by atoms with Gasteiger partial charge >= 0.3 is 0 Å². The Balaban J connectivity index is 2.07. The number of rotatable bonds is 4. The van der Waals surface area contributed by atoms with Gasteiger partial charge in [-0.1, -0.05) is 17.4 Å². The van der Waals surface area contributed by atoms with E-state index < -0.39 is 0 Å². The summed E-state index contributed by atoms with van der Waals surface area (Å²) >= 11 is 3.30. The second kappa shape index (κ2) is 7.68. The molecule has 0 aliphatic rings. The number of hydrogen-bond acceptors (Lipinski definition) is 4. The summed E-state index contributed by atoms with van der Waals surface area (Å²) in [6.07, 6.45) is 2.07. The standard InChI is InChI=1S/C19H17N3OS2/c1-13-3-8-16-17(11-13)25-19(22(16)9-10-24-2)21-18(23)15-6-4-14(12-20)5-7-15/h3-8,11H,9-10H2,1-2H3. The molecule has 2 aromatic carbocycles. The molecule has 0 aliphatic carbocycles. The fraction of sp³-hybridized carbons (Fsp3) is 0.211. The largest absolute Gasteiger partial charge is 0.316 e. The van der Waals surface area contributed by atoms with Crippen LogP contribution in [0.1, 0.15) is 21.5 Å². The number of nitrogens with zero attached hydrogens (tertiary/aromatic N) is 3. The van der Waals surface area contributed by atoms with Crippen molar-refractivity contribution in [3.8, 4) is 6.07 Å². The van der Waals surface area contributed by atoms with E-state index >= 15 is 0 Å². The van der Waals surface area contributed by atoms with Gasteiger partial charge in [0, 0.05) is 17.9 Å². The van der Waals surface area contributed by atoms with Crippen LogP contribution >= 0.6 is 23.1 Å². The normalized spacial score (nSPS) is 11.6. The van der Waals surface area contributed by atoms with E-state index in [1.54, 1.807) is 36.0 Å². The highest BCUT2D eigenvalue weighted by Gasteiger charge is 2.09. The monoisotopic (exact) mass is 367 g/mol. The summed E-state index contributed by atoms with van der Waals surface area (Å²) in [7, 11) is 0. The smallest absolute Gasteiger partial charge is 0.279 e. The SMILES string of the molecule is CSCCn1c(=NC(=O)c2ccc(C#N)cc2)sc2cc(C)ccc21. The molecule has 6 heteroatoms. The number of thiazole rings is 1. The van der Waals surface area contributed by atoms with Crippen LogP contribution < -0.4 is 4.80 Å². The van der Waals surface area contributed by atoms with Crippen molar-refractivity contribution in [3.63, 3.8) is 0 Å². The third-order valence-corrected chi connectivity index (χ3v) is 5.45. The Morgan fingerprint density at radius 2 is 2.04 bits per heavy atom. The van der Waals surface area contributed by atoms with Gasteiger partial charge in [-0.2, -0.15) is 22.0 Å². The first-order chi connectivity index (χ1) is 12.1. The molecule has 4 nitrogen and oxygen atoms in total. The van der Waals surface area contributed by atoms with E-state index in [4.69, 9.17) is 5.26 Å². The lowest BCUT2D eigenvalue weighted by atomic mass is 10.1. The summed E-state index contributed by atoms with van der Waals surface area (Å²) in [5.41, 5.74) is 3.32. The van der Waals surface area contributed by atoms with Crippen LogP contribution in [0.25, 0.3) is 10.2 Å². The third kappa shape index (κ3) is 3.84. The van der Waals surface area contributed by atoms with Crippen LogP contribution in [0.2, 0.25) is 0 Å². The number of amides is 1. The molecule has 0 spiro atoms. The van der Waals surface area contributed by atoms with Crippen molar-refractivity contribution in [3.05, 3.63) is 64.0 Å². The highest BCUT2D eigenvalue weighted by Crippen LogP contribution is 2.19. The van der Waals surface area contributed by atoms with Crippen LogP contribution in [0.3, 0.4) is 0 Å². The zero-order valence-corrected chi connectivity index (χ0v) is 15.7. The Morgan fingerprint density at radius 3 is 2.72 bits per heavy atom. The minimum absolute atomic E-state index is 0.286. The summed E-state index contributed by atoms with van der Waals surface area (Å²) in [5.74, 6) is 0.670. The molecule has 0 radical (unpaired) electrons. The molecular formula is C19H17N3OS2. The van der Waals surface area contributed by atoms with Crippen molar-refractivity contribution in [2.24, 2.45) is 4.99 Å². The van der Waals surface area contributed by atoms with E-state index in [1.165, 1.54) is 16.9 Å². The Kier molecular flexibility index (Phi) is 5.37. The van der Waals surface area contributed by atoms with Crippen molar-refractivity contribution in [1.29, 1.82) is 5.26 Å². The molecule has 0 saturated heterocycles. The van der Waals surface area contributed by atoms with Crippen LogP contribution in [0.4, 0.5) is 0 Å². The van der Waals surface area contributed by atoms with E-state index in [1.807, 2.05) is 0 Å². The molecule has 3 rings (SSSR count). The second-order valence-electron chi connectivity index (χ2n) is 5.61. The fourth-order valence-corrected chi connectivity index (χ4v) is 4.02. The van der Waals surface area contributed by atoms with Gasteiger partial charge in [0.25, 0.3) is 5.91 Å². The Morgan fingerprint density at radius 1 is 1.28 bits per heavy atom. The van der Waals surface area contributed by atoms with Gasteiger partial charge < -0.3 is 4.57 Å². The van der Waals surface area contributed by atoms with Gasteiger partial charge in [-0.25, -0.2) is 0 Å². The minimum atomic E-state index is -0.286. The summed E-state index contributed by atoms with van der Waals surface area (Å²) in [6.45, 7) is 2.87. The minimum Gasteiger partial charge on any atom is -0.316 e. The summed E-state index contributed by atoms with van der Waals surface area (Å²) < 4.78 is 3.24. The predicted octanol–water partition coefficient (Wildman–Crippen LogP) is 3.99. The number of carbonyl (C=O) groups excluding carboxylic acids is 1. The maximum Gasteiger partial charge on any atom is 0.279 e. The van der Waals surface area contributed by atoms with Crippen LogP contribution in [-0.4, -0.2) is 22.5 Å². The van der Waals surface area contributed by atoms with Crippen LogP contribution in [0, 0.1) is 18.3 Å². The quantitative estimate of drug-likeness (QED) is 0.701. The topological polar surface area (TPSA) is 58.1 Å². The van der Waals surface area contributed by atoms with E-state index in [0.29, 0.717) is 15.9 Å². The van der Waals surface area contributed by atoms with Gasteiger partial charge in [0.2, 0.25) is 0 Å². The number of carbonyl (C=O) groups is 1. The predicted molar refractivity (Wildman–Crippen MR) is 104 cm³/mol. The molecule has 0 bridgehead atoms. The Hall–Kier alpha value is -2.36. The molecule has 3 aromatic rings. The molecule has 0 fully saturated rings. The van der Waals surface area contributed by atoms with Crippen molar-refractivity contribution in [2.45, 2.75) is 13.5 Å². The highest BCUT2D eigenvalue weighted by molar-refractivity contribution is 7.98. The molecule has 1 aromatic heterocycles. The van der Waals surface area contributed by atoms with Gasteiger partial charge in [-0.15, -0.1) is 0 Å². The first kappa shape index (κ1) is 17.5. The van der Waals surface area contributed by atoms with Crippen LogP contribution in [0.5, 0.6) is 0 Å². The lowest BCUT2D eigenvalue weighted by Gasteiger charge is -2.04. The number of benzene rings is 2. The number of aromatic nitrogens is 1. The Bertz CT molecular complexity index is 1020. The molecular weight excluding hydrogens is 350 g/mol. The average molecular weight is 367 g/mol. The first-order valence-electron chi connectivity index (χ1n) is 7.80. The molecule has 0 unspecified atom stereocenters. The van der Waals surface area contributed by atoms with Gasteiger partial charge in [-0.3, -0.25) is 4.79 Å². The summed E-state index contributed by atoms with van der Waals surface area (Å²) in [4.78, 5) is 17.6. The zero-order chi connectivity index (χ0) is 17.8. The zero-order valence-electron chi connectivity index (χ0n) is 14.0. The van der Waals surface area contributed by atoms with Crippen molar-refractivity contribution in [1.82, 2.24) is 4.57 Å². The number of thioether (sulfide) groups is 1. The summed E-state index contributed by atoms with van der Waals surface area (Å²) in [5, 5.41) is 8.86. The van der Waals surface area contributed by atoms with Crippen molar-refractivity contribution < 1.29 is 4.79 Å². The number of aryl methyl sites for hydroxylation is 2. The van der Waals surface area contributed by atoms with Gasteiger partial charge in [0.05, 0.1) is 21.8 Å². The average Bonchev–Trinajstić information content (AvgIpc) is 2.95. The molecule has 25 heavy (non-hydrogen) atoms. The molecule has 0 saturated carbocycles. The van der Waals surface area contributed by atoms with Gasteiger partial charge in [0.1, 0.15) is 0 Å². The highest BCUT2D eigenvalue weighted by atomic mass is 32.2. The molecule has 0 N–H and O–H groups in total. The lowest BCUT2D eigenvalue weighted by Crippen LogP contribution is -2.18. The third-order valence-electron chi connectivity index (χ3n) is 3.82. The van der Waals surface area contributed by atoms with Gasteiger partial charge in [-0.05, 0) is 55.1 Å². The fourth-order valence-electron chi connectivity index (χ4n) is 2.50. The lowest BCUT2D eigenvalue weighted by molar-refractivity contribution is 0.0998. The number of nitriles is 1. The van der Waals surface area contributed by atoms with E-state index in [0.717, 1.165) is 22.5 Å². The van der Waals surface area contributed by atoms with Crippen LogP contribution in [0.15, 0.2) is 47.5 Å². The number of hydrogen-bond donors (Lipinski definition) is 0. The summed E-state index contributed by atoms with van der Waals surface area (Å²) in [6, 6.07) is 14.9. The molecule has 0 aliphatic heterocycles. The molecule has 1 amide bonds. The van der Waals surface area contributed by atoms with E-state index in [-0.39, 0.29) is 5.91 Å². The molecule has 0 atom stereocenters. The second-order valence-corrected chi connectivity index (χ2v) is 7.60. The van der Waals surface area contributed by atoms with Crippen molar-refractivity contribution >= 4 is 39.2 Å². The van der Waals surface area contributed by atoms with Crippen molar-refractivity contribution in [2.75, 3.05) is 12.0 Å². The van der Waals surface area contributed by atoms with Crippen LogP contribution in [-0.2, 0) is 6.54 Å². The number of fused-ring (bicyclic) bond motifs is 1. The van der Waals surface area contributed by atoms with E-state index in [2.05, 4.69) is 47.0 Å². The van der Waals surface area contributed by atoms with E-state index in [9.17, 15) is 4.79 Å². The maximum atomic E-state index is 12.5. The molecule has 126 valence electrons. The maximum absolute atomic E-state index is 12.5. The molecule has 1 heterocycles.